The van der Waals surface area contributed by atoms with Crippen molar-refractivity contribution in [3.63, 3.8) is 0 Å². The summed E-state index contributed by atoms with van der Waals surface area (Å²) < 4.78 is 1.58. The van der Waals surface area contributed by atoms with Gasteiger partial charge < -0.3 is 4.90 Å². The van der Waals surface area contributed by atoms with Crippen molar-refractivity contribution < 1.29 is 4.79 Å². The summed E-state index contributed by atoms with van der Waals surface area (Å²) in [7, 11) is 0. The van der Waals surface area contributed by atoms with Gasteiger partial charge in [-0.3, -0.25) is 4.79 Å². The zero-order valence-electron chi connectivity index (χ0n) is 10.5. The van der Waals surface area contributed by atoms with E-state index >= 15 is 0 Å². The summed E-state index contributed by atoms with van der Waals surface area (Å²) in [5.74, 6) is 0.783. The van der Waals surface area contributed by atoms with Crippen LogP contribution in [0.1, 0.15) is 6.42 Å². The van der Waals surface area contributed by atoms with Crippen LogP contribution in [-0.2, 0) is 4.79 Å². The van der Waals surface area contributed by atoms with E-state index in [4.69, 9.17) is 23.2 Å². The summed E-state index contributed by atoms with van der Waals surface area (Å²) in [4.78, 5) is 17.6. The van der Waals surface area contributed by atoms with Gasteiger partial charge in [0.2, 0.25) is 5.91 Å². The van der Waals surface area contributed by atoms with E-state index in [2.05, 4.69) is 10.1 Å². The molecule has 2 heterocycles. The third kappa shape index (κ3) is 2.39. The van der Waals surface area contributed by atoms with Crippen molar-refractivity contribution in [2.45, 2.75) is 6.42 Å². The van der Waals surface area contributed by atoms with Gasteiger partial charge in [-0.2, -0.15) is 5.10 Å². The molecule has 1 aromatic carbocycles. The second kappa shape index (κ2) is 5.42. The largest absolute Gasteiger partial charge is 0.312 e. The molecule has 0 spiro atoms. The minimum absolute atomic E-state index is 0.0835. The summed E-state index contributed by atoms with van der Waals surface area (Å²) in [5.41, 5.74) is 1.52. The fourth-order valence-corrected chi connectivity index (χ4v) is 2.78. The molecule has 1 aliphatic heterocycles. The highest BCUT2D eigenvalue weighted by atomic mass is 35.5. The van der Waals surface area contributed by atoms with Gasteiger partial charge >= 0.3 is 0 Å². The number of benzene rings is 1. The molecule has 0 saturated carbocycles. The van der Waals surface area contributed by atoms with Crippen LogP contribution in [0.5, 0.6) is 0 Å². The third-order valence-electron chi connectivity index (χ3n) is 3.33. The predicted molar refractivity (Wildman–Crippen MR) is 77.5 cm³/mol. The van der Waals surface area contributed by atoms with Gasteiger partial charge in [0.05, 0.1) is 10.7 Å². The lowest BCUT2D eigenvalue weighted by molar-refractivity contribution is -0.117. The zero-order chi connectivity index (χ0) is 14.1. The fourth-order valence-electron chi connectivity index (χ4n) is 2.32. The van der Waals surface area contributed by atoms with Crippen molar-refractivity contribution in [2.24, 2.45) is 5.92 Å². The Morgan fingerprint density at radius 3 is 2.85 bits per heavy atom. The molecule has 1 aromatic heterocycles. The highest BCUT2D eigenvalue weighted by Crippen LogP contribution is 2.30. The first-order valence-corrected chi connectivity index (χ1v) is 7.11. The normalized spacial score (nSPS) is 18.8. The smallest absolute Gasteiger partial charge is 0.227 e. The number of halogens is 2. The minimum Gasteiger partial charge on any atom is -0.312 e. The molecule has 7 heteroatoms. The van der Waals surface area contributed by atoms with E-state index in [0.717, 1.165) is 11.4 Å². The molecule has 2 aromatic rings. The van der Waals surface area contributed by atoms with E-state index in [1.54, 1.807) is 22.0 Å². The Morgan fingerprint density at radius 2 is 2.25 bits per heavy atom. The molecule has 1 fully saturated rings. The van der Waals surface area contributed by atoms with Gasteiger partial charge in [0.25, 0.3) is 0 Å². The maximum absolute atomic E-state index is 12.0. The van der Waals surface area contributed by atoms with Crippen molar-refractivity contribution in [1.29, 1.82) is 0 Å². The zero-order valence-corrected chi connectivity index (χ0v) is 12.1. The van der Waals surface area contributed by atoms with Crippen LogP contribution >= 0.6 is 23.2 Å². The van der Waals surface area contributed by atoms with Crippen LogP contribution in [0.3, 0.4) is 0 Å². The lowest BCUT2D eigenvalue weighted by Gasteiger charge is -2.17. The minimum atomic E-state index is 0.0835. The van der Waals surface area contributed by atoms with Crippen LogP contribution in [0.2, 0.25) is 5.02 Å². The molecule has 1 unspecified atom stereocenters. The molecular formula is C13H12Cl2N4O. The summed E-state index contributed by atoms with van der Waals surface area (Å²) in [6, 6.07) is 5.46. The fraction of sp³-hybridized carbons (Fsp3) is 0.308. The van der Waals surface area contributed by atoms with E-state index in [-0.39, 0.29) is 11.8 Å². The standard InChI is InChI=1S/C13H12Cl2N4O/c14-5-9-3-13(20)18(6-9)10-1-2-12(11(15)4-10)19-8-16-7-17-19/h1-2,4,7-9H,3,5-6H2. The van der Waals surface area contributed by atoms with Gasteiger partial charge in [0, 0.05) is 24.5 Å². The number of hydrogen-bond acceptors (Lipinski definition) is 3. The van der Waals surface area contributed by atoms with E-state index in [0.29, 0.717) is 23.9 Å². The van der Waals surface area contributed by atoms with E-state index in [1.165, 1.54) is 6.33 Å². The number of rotatable bonds is 3. The molecular weight excluding hydrogens is 299 g/mol. The average molecular weight is 311 g/mol. The lowest BCUT2D eigenvalue weighted by Crippen LogP contribution is -2.24. The second-order valence-electron chi connectivity index (χ2n) is 4.70. The molecule has 5 nitrogen and oxygen atoms in total. The summed E-state index contributed by atoms with van der Waals surface area (Å²) in [5, 5.41) is 4.56. The number of hydrogen-bond donors (Lipinski definition) is 0. The quantitative estimate of drug-likeness (QED) is 0.819. The number of amides is 1. The molecule has 1 aliphatic rings. The van der Waals surface area contributed by atoms with Gasteiger partial charge in [-0.25, -0.2) is 9.67 Å². The summed E-state index contributed by atoms with van der Waals surface area (Å²) in [6.45, 7) is 0.640. The predicted octanol–water partition coefficient (Wildman–Crippen LogP) is 2.51. The number of anilines is 1. The van der Waals surface area contributed by atoms with Crippen molar-refractivity contribution in [2.75, 3.05) is 17.3 Å². The monoisotopic (exact) mass is 310 g/mol. The Labute approximate surface area is 126 Å². The highest BCUT2D eigenvalue weighted by Gasteiger charge is 2.30. The molecule has 104 valence electrons. The Morgan fingerprint density at radius 1 is 1.40 bits per heavy atom. The first kappa shape index (κ1) is 13.4. The van der Waals surface area contributed by atoms with Crippen molar-refractivity contribution in [3.05, 3.63) is 35.9 Å². The van der Waals surface area contributed by atoms with Crippen molar-refractivity contribution in [3.8, 4) is 5.69 Å². The van der Waals surface area contributed by atoms with E-state index in [9.17, 15) is 4.79 Å². The highest BCUT2D eigenvalue weighted by molar-refractivity contribution is 6.32. The first-order valence-electron chi connectivity index (χ1n) is 6.20. The van der Waals surface area contributed by atoms with Gasteiger partial charge in [-0.05, 0) is 24.1 Å². The van der Waals surface area contributed by atoms with Crippen LogP contribution in [0.25, 0.3) is 5.69 Å². The Kier molecular flexibility index (Phi) is 3.63. The Bertz CT molecular complexity index is 629. The maximum Gasteiger partial charge on any atom is 0.227 e. The summed E-state index contributed by atoms with van der Waals surface area (Å²) in [6.07, 6.45) is 3.51. The molecule has 0 bridgehead atoms. The molecule has 20 heavy (non-hydrogen) atoms. The van der Waals surface area contributed by atoms with Gasteiger partial charge in [-0.1, -0.05) is 11.6 Å². The average Bonchev–Trinajstić information content (AvgIpc) is 3.07. The molecule has 0 radical (unpaired) electrons. The Balaban J connectivity index is 1.89. The third-order valence-corrected chi connectivity index (χ3v) is 4.07. The SMILES string of the molecule is O=C1CC(CCl)CN1c1ccc(-n2cncn2)c(Cl)c1. The van der Waals surface area contributed by atoms with Crippen LogP contribution in [0, 0.1) is 5.92 Å². The van der Waals surface area contributed by atoms with E-state index in [1.807, 2.05) is 12.1 Å². The number of carbonyl (C=O) groups excluding carboxylic acids is 1. The van der Waals surface area contributed by atoms with E-state index < -0.39 is 0 Å². The van der Waals surface area contributed by atoms with Crippen LogP contribution in [0.15, 0.2) is 30.9 Å². The molecule has 0 aliphatic carbocycles. The van der Waals surface area contributed by atoms with Crippen LogP contribution in [0.4, 0.5) is 5.69 Å². The Hall–Kier alpha value is -1.59. The van der Waals surface area contributed by atoms with Gasteiger partial charge in [0.15, 0.2) is 0 Å². The number of alkyl halides is 1. The van der Waals surface area contributed by atoms with Gasteiger partial charge in [0.1, 0.15) is 12.7 Å². The molecule has 3 rings (SSSR count). The molecule has 1 amide bonds. The number of aromatic nitrogens is 3. The van der Waals surface area contributed by atoms with Crippen molar-refractivity contribution >= 4 is 34.8 Å². The van der Waals surface area contributed by atoms with Crippen LogP contribution < -0.4 is 4.90 Å². The molecule has 1 saturated heterocycles. The van der Waals surface area contributed by atoms with Gasteiger partial charge in [-0.15, -0.1) is 11.6 Å². The summed E-state index contributed by atoms with van der Waals surface area (Å²) >= 11 is 12.1. The first-order chi connectivity index (χ1) is 9.69. The number of carbonyl (C=O) groups is 1. The van der Waals surface area contributed by atoms with Crippen molar-refractivity contribution in [1.82, 2.24) is 14.8 Å². The second-order valence-corrected chi connectivity index (χ2v) is 5.42. The topological polar surface area (TPSA) is 51.0 Å². The molecule has 1 atom stereocenters. The maximum atomic E-state index is 12.0. The van der Waals surface area contributed by atoms with Crippen LogP contribution in [-0.4, -0.2) is 33.1 Å². The molecule has 0 N–H and O–H groups in total. The number of nitrogens with zero attached hydrogens (tertiary/aromatic N) is 4. The lowest BCUT2D eigenvalue weighted by atomic mass is 10.1.